The second kappa shape index (κ2) is 7.65. The van der Waals surface area contributed by atoms with Gasteiger partial charge in [0.1, 0.15) is 6.54 Å². The summed E-state index contributed by atoms with van der Waals surface area (Å²) in [6, 6.07) is 3.83. The van der Waals surface area contributed by atoms with E-state index in [2.05, 4.69) is 16.0 Å². The lowest BCUT2D eigenvalue weighted by Gasteiger charge is -2.52. The van der Waals surface area contributed by atoms with E-state index in [0.29, 0.717) is 11.3 Å². The molecule has 32 heavy (non-hydrogen) atoms. The molecular formula is C22H27N5O5. The molecule has 10 heteroatoms. The van der Waals surface area contributed by atoms with E-state index in [1.807, 2.05) is 4.90 Å². The number of piperidine rings is 2. The summed E-state index contributed by atoms with van der Waals surface area (Å²) in [6.45, 7) is 3.42. The van der Waals surface area contributed by atoms with E-state index in [1.54, 1.807) is 18.2 Å². The van der Waals surface area contributed by atoms with Crippen LogP contribution >= 0.6 is 0 Å². The Morgan fingerprint density at radius 1 is 1.22 bits per heavy atom. The third kappa shape index (κ3) is 3.39. The standard InChI is InChI=1S/C22H27N5O5/c28-18-5-4-17(20(30)25-18)27(32)11-15-14(21(27)31)2-1-3-16(15)24-10-19(29)26-12-22(13-26)6-8-23-9-7-22/h1-3,17,23-24H,4-13H2,(H,25,28,30). The molecule has 170 valence electrons. The van der Waals surface area contributed by atoms with Crippen molar-refractivity contribution in [2.45, 2.75) is 38.3 Å². The molecule has 5 rings (SSSR count). The van der Waals surface area contributed by atoms with Gasteiger partial charge in [-0.15, -0.1) is 0 Å². The van der Waals surface area contributed by atoms with Crippen LogP contribution in [0.5, 0.6) is 0 Å². The zero-order valence-electron chi connectivity index (χ0n) is 17.8. The van der Waals surface area contributed by atoms with Gasteiger partial charge >= 0.3 is 5.91 Å². The predicted molar refractivity (Wildman–Crippen MR) is 114 cm³/mol. The van der Waals surface area contributed by atoms with Gasteiger partial charge in [-0.3, -0.25) is 24.3 Å². The molecule has 0 saturated carbocycles. The molecular weight excluding hydrogens is 414 g/mol. The van der Waals surface area contributed by atoms with E-state index in [-0.39, 0.29) is 42.8 Å². The first-order valence-electron chi connectivity index (χ1n) is 11.1. The number of nitrogens with one attached hydrogen (secondary N) is 3. The molecule has 3 saturated heterocycles. The number of carbonyl (C=O) groups excluding carboxylic acids is 4. The van der Waals surface area contributed by atoms with Crippen molar-refractivity contribution in [1.82, 2.24) is 15.5 Å². The fourth-order valence-electron chi connectivity index (χ4n) is 5.46. The van der Waals surface area contributed by atoms with Crippen LogP contribution < -0.4 is 16.0 Å². The molecule has 4 amide bonds. The van der Waals surface area contributed by atoms with Gasteiger partial charge in [-0.1, -0.05) is 6.07 Å². The Bertz CT molecular complexity index is 996. The van der Waals surface area contributed by atoms with Gasteiger partial charge in [0, 0.05) is 42.6 Å². The Hall–Kier alpha value is -2.82. The monoisotopic (exact) mass is 441 g/mol. The van der Waals surface area contributed by atoms with Crippen LogP contribution in [0.25, 0.3) is 0 Å². The molecule has 4 aliphatic heterocycles. The number of hydroxylamine groups is 3. The summed E-state index contributed by atoms with van der Waals surface area (Å²) in [5.74, 6) is -1.82. The molecule has 3 fully saturated rings. The summed E-state index contributed by atoms with van der Waals surface area (Å²) in [6.07, 6.45) is 2.25. The molecule has 1 spiro atoms. The number of amides is 4. The lowest BCUT2D eigenvalue weighted by atomic mass is 9.72. The molecule has 0 aliphatic carbocycles. The lowest BCUT2D eigenvalue weighted by molar-refractivity contribution is -0.825. The summed E-state index contributed by atoms with van der Waals surface area (Å²) in [4.78, 5) is 51.2. The SMILES string of the molecule is O=C1CCC([N+]2([O-])Cc3c(NCC(=O)N4CC5(CCNCC5)C4)cccc3C2=O)C(=O)N1. The van der Waals surface area contributed by atoms with E-state index < -0.39 is 28.4 Å². The first-order valence-corrected chi connectivity index (χ1v) is 11.1. The number of rotatable bonds is 4. The second-order valence-electron chi connectivity index (χ2n) is 9.41. The van der Waals surface area contributed by atoms with Crippen molar-refractivity contribution in [3.05, 3.63) is 34.5 Å². The highest BCUT2D eigenvalue weighted by molar-refractivity contribution is 6.02. The Morgan fingerprint density at radius 2 is 1.97 bits per heavy atom. The molecule has 2 unspecified atom stereocenters. The number of quaternary nitrogens is 1. The molecule has 4 heterocycles. The number of benzene rings is 1. The highest BCUT2D eigenvalue weighted by Crippen LogP contribution is 2.39. The predicted octanol–water partition coefficient (Wildman–Crippen LogP) is 0.0841. The molecule has 1 aromatic rings. The quantitative estimate of drug-likeness (QED) is 0.343. The van der Waals surface area contributed by atoms with Gasteiger partial charge in [-0.25, -0.2) is 4.79 Å². The summed E-state index contributed by atoms with van der Waals surface area (Å²) < 4.78 is -1.33. The summed E-state index contributed by atoms with van der Waals surface area (Å²) in [5.41, 5.74) is 1.59. The average Bonchev–Trinajstić information content (AvgIpc) is 3.02. The van der Waals surface area contributed by atoms with Gasteiger partial charge in [0.2, 0.25) is 11.8 Å². The minimum Gasteiger partial charge on any atom is -0.624 e. The van der Waals surface area contributed by atoms with Gasteiger partial charge in [0.05, 0.1) is 12.1 Å². The van der Waals surface area contributed by atoms with E-state index in [0.717, 1.165) is 39.0 Å². The minimum atomic E-state index is -1.33. The molecule has 4 aliphatic rings. The first-order chi connectivity index (χ1) is 15.3. The Morgan fingerprint density at radius 3 is 2.69 bits per heavy atom. The topological polar surface area (TPSA) is 131 Å². The molecule has 0 aromatic heterocycles. The van der Waals surface area contributed by atoms with E-state index in [9.17, 15) is 24.4 Å². The first kappa shape index (κ1) is 21.0. The number of hydrogen-bond acceptors (Lipinski definition) is 7. The normalized spacial score (nSPS) is 28.8. The van der Waals surface area contributed by atoms with Crippen molar-refractivity contribution >= 4 is 29.3 Å². The van der Waals surface area contributed by atoms with E-state index in [1.165, 1.54) is 0 Å². The van der Waals surface area contributed by atoms with Gasteiger partial charge in [-0.2, -0.15) is 0 Å². The highest BCUT2D eigenvalue weighted by atomic mass is 16.6. The van der Waals surface area contributed by atoms with Crippen molar-refractivity contribution < 1.29 is 23.8 Å². The maximum absolute atomic E-state index is 13.5. The van der Waals surface area contributed by atoms with Crippen LogP contribution in [-0.2, 0) is 20.9 Å². The second-order valence-corrected chi connectivity index (χ2v) is 9.41. The highest BCUT2D eigenvalue weighted by Gasteiger charge is 2.50. The van der Waals surface area contributed by atoms with E-state index >= 15 is 0 Å². The zero-order chi connectivity index (χ0) is 22.5. The minimum absolute atomic E-state index is 0.0101. The third-order valence-corrected chi connectivity index (χ3v) is 7.36. The number of nitrogens with zero attached hydrogens (tertiary/aromatic N) is 2. The summed E-state index contributed by atoms with van der Waals surface area (Å²) in [5, 5.41) is 22.1. The zero-order valence-corrected chi connectivity index (χ0v) is 17.8. The average molecular weight is 441 g/mol. The van der Waals surface area contributed by atoms with Crippen LogP contribution in [0.2, 0.25) is 0 Å². The van der Waals surface area contributed by atoms with Crippen molar-refractivity contribution in [2.24, 2.45) is 5.41 Å². The molecule has 0 radical (unpaired) electrons. The Labute approximate surface area is 185 Å². The largest absolute Gasteiger partial charge is 0.624 e. The van der Waals surface area contributed by atoms with Gasteiger partial charge in [-0.05, 0) is 38.1 Å². The smallest absolute Gasteiger partial charge is 0.347 e. The number of hydrogen-bond donors (Lipinski definition) is 3. The van der Waals surface area contributed by atoms with E-state index in [4.69, 9.17) is 0 Å². The Balaban J connectivity index is 1.26. The summed E-state index contributed by atoms with van der Waals surface area (Å²) in [7, 11) is 0. The molecule has 1 aromatic carbocycles. The molecule has 10 nitrogen and oxygen atoms in total. The van der Waals surface area contributed by atoms with Crippen molar-refractivity contribution in [1.29, 1.82) is 0 Å². The lowest BCUT2D eigenvalue weighted by Crippen LogP contribution is -2.62. The van der Waals surface area contributed by atoms with Crippen molar-refractivity contribution in [3.63, 3.8) is 0 Å². The number of imide groups is 1. The number of carbonyl (C=O) groups is 4. The van der Waals surface area contributed by atoms with Crippen LogP contribution in [0.3, 0.4) is 0 Å². The third-order valence-electron chi connectivity index (χ3n) is 7.36. The van der Waals surface area contributed by atoms with Gasteiger partial charge < -0.3 is 20.7 Å². The fourth-order valence-corrected chi connectivity index (χ4v) is 5.46. The fraction of sp³-hybridized carbons (Fsp3) is 0.545. The number of anilines is 1. The maximum atomic E-state index is 13.5. The summed E-state index contributed by atoms with van der Waals surface area (Å²) >= 11 is 0. The number of fused-ring (bicyclic) bond motifs is 1. The van der Waals surface area contributed by atoms with Crippen LogP contribution in [0, 0.1) is 10.6 Å². The molecule has 2 atom stereocenters. The van der Waals surface area contributed by atoms with Gasteiger partial charge in [0.15, 0.2) is 6.04 Å². The van der Waals surface area contributed by atoms with Crippen LogP contribution in [-0.4, -0.2) is 71.9 Å². The molecule has 0 bridgehead atoms. The molecule has 3 N–H and O–H groups in total. The van der Waals surface area contributed by atoms with Crippen LogP contribution in [0.4, 0.5) is 5.69 Å². The van der Waals surface area contributed by atoms with Crippen LogP contribution in [0.15, 0.2) is 18.2 Å². The Kier molecular flexibility index (Phi) is 5.03. The van der Waals surface area contributed by atoms with Crippen LogP contribution in [0.1, 0.15) is 41.6 Å². The van der Waals surface area contributed by atoms with Crippen molar-refractivity contribution in [2.75, 3.05) is 38.0 Å². The maximum Gasteiger partial charge on any atom is 0.347 e. The number of likely N-dealkylation sites (tertiary alicyclic amines) is 1. The van der Waals surface area contributed by atoms with Gasteiger partial charge in [0.25, 0.3) is 5.91 Å². The van der Waals surface area contributed by atoms with Crippen molar-refractivity contribution in [3.8, 4) is 0 Å².